The predicted molar refractivity (Wildman–Crippen MR) is 103 cm³/mol. The van der Waals surface area contributed by atoms with Gasteiger partial charge in [0.25, 0.3) is 0 Å². The van der Waals surface area contributed by atoms with Gasteiger partial charge in [-0.1, -0.05) is 54.1 Å². The molecule has 2 saturated carbocycles. The topological polar surface area (TPSA) is 46.1 Å². The fourth-order valence-electron chi connectivity index (χ4n) is 3.40. The van der Waals surface area contributed by atoms with Crippen LogP contribution in [-0.4, -0.2) is 0 Å². The first-order valence-electron chi connectivity index (χ1n) is 8.91. The van der Waals surface area contributed by atoms with Crippen LogP contribution in [0.2, 0.25) is 0 Å². The van der Waals surface area contributed by atoms with Crippen molar-refractivity contribution in [3.05, 3.63) is 128 Å². The van der Waals surface area contributed by atoms with Crippen LogP contribution in [0.1, 0.15) is 17.5 Å². The van der Waals surface area contributed by atoms with Gasteiger partial charge in [0.15, 0.2) is 0 Å². The molecule has 0 saturated heterocycles. The third-order valence-corrected chi connectivity index (χ3v) is 4.71. The molecule has 2 fully saturated rings. The summed E-state index contributed by atoms with van der Waals surface area (Å²) in [4.78, 5) is 0. The van der Waals surface area contributed by atoms with E-state index in [0.717, 1.165) is 29.0 Å². The second-order valence-corrected chi connectivity index (χ2v) is 6.55. The Morgan fingerprint density at radius 1 is 0.607 bits per heavy atom. The molecule has 0 spiro atoms. The normalized spacial score (nSPS) is 17.4. The zero-order valence-electron chi connectivity index (χ0n) is 15.1. The molecule has 2 aromatic carbocycles. The molecule has 0 N–H and O–H groups in total. The van der Waals surface area contributed by atoms with E-state index in [4.69, 9.17) is 0 Å². The van der Waals surface area contributed by atoms with Crippen LogP contribution >= 0.6 is 0 Å². The molecular formula is C25H18FeO2. The summed E-state index contributed by atoms with van der Waals surface area (Å²) >= 11 is 0. The molecule has 0 atom stereocenters. The van der Waals surface area contributed by atoms with Gasteiger partial charge in [0, 0.05) is 5.92 Å². The van der Waals surface area contributed by atoms with Gasteiger partial charge in [0.05, 0.1) is 0 Å². The zero-order valence-corrected chi connectivity index (χ0v) is 16.2. The average Bonchev–Trinajstić information content (AvgIpc) is 3.38. The molecule has 0 unspecified atom stereocenters. The standard InChI is InChI=1S/C25H20O2.Fe/c26-22-13-9-20(10-14-22)25(21-11-15-23(27)16-12-21)24(19-7-3-4-8-19)17-18-5-1-2-6-18;/h1-16,26-27H,17H2;/q;+2/p-2. The fourth-order valence-corrected chi connectivity index (χ4v) is 3.40. The number of rotatable bonds is 5. The van der Waals surface area contributed by atoms with E-state index in [1.807, 2.05) is 49.9 Å². The molecule has 0 aliphatic heterocycles. The summed E-state index contributed by atoms with van der Waals surface area (Å²) in [6.45, 7) is 0. The summed E-state index contributed by atoms with van der Waals surface area (Å²) in [6.07, 6.45) is 17.3. The van der Waals surface area contributed by atoms with Gasteiger partial charge in [-0.15, -0.1) is 11.5 Å². The maximum atomic E-state index is 11.6. The Morgan fingerprint density at radius 3 is 1.50 bits per heavy atom. The van der Waals surface area contributed by atoms with Gasteiger partial charge in [-0.25, -0.2) is 0 Å². The van der Waals surface area contributed by atoms with Gasteiger partial charge < -0.3 is 10.2 Å². The number of allylic oxidation sites excluding steroid dienone is 1. The molecule has 2 aromatic rings. The van der Waals surface area contributed by atoms with Gasteiger partial charge in [-0.2, -0.15) is 0 Å². The zero-order chi connectivity index (χ0) is 18.6. The molecule has 10 radical (unpaired) electrons. The van der Waals surface area contributed by atoms with E-state index >= 15 is 0 Å². The van der Waals surface area contributed by atoms with Crippen LogP contribution in [0.25, 0.3) is 5.57 Å². The molecular weight excluding hydrogens is 388 g/mol. The number of hydrogen-bond acceptors (Lipinski definition) is 2. The van der Waals surface area contributed by atoms with Crippen molar-refractivity contribution < 1.29 is 27.3 Å². The van der Waals surface area contributed by atoms with Crippen LogP contribution in [0.3, 0.4) is 0 Å². The Morgan fingerprint density at radius 2 is 1.04 bits per heavy atom. The van der Waals surface area contributed by atoms with Crippen molar-refractivity contribution in [2.75, 3.05) is 0 Å². The van der Waals surface area contributed by atoms with Crippen molar-refractivity contribution in [2.45, 2.75) is 6.42 Å². The second kappa shape index (κ2) is 9.67. The van der Waals surface area contributed by atoms with E-state index in [1.54, 1.807) is 24.3 Å². The number of benzene rings is 2. The van der Waals surface area contributed by atoms with Crippen molar-refractivity contribution in [2.24, 2.45) is 0 Å². The minimum absolute atomic E-state index is 0. The molecule has 0 amide bonds. The molecule has 4 rings (SSSR count). The van der Waals surface area contributed by atoms with Gasteiger partial charge in [-0.05, 0) is 80.4 Å². The molecule has 0 bridgehead atoms. The second-order valence-electron chi connectivity index (χ2n) is 6.55. The monoisotopic (exact) mass is 406 g/mol. The van der Waals surface area contributed by atoms with Crippen LogP contribution in [0.5, 0.6) is 11.5 Å². The summed E-state index contributed by atoms with van der Waals surface area (Å²) in [6, 6.07) is 13.8. The smallest absolute Gasteiger partial charge is 0.872 e. The summed E-state index contributed by atoms with van der Waals surface area (Å²) < 4.78 is 0. The van der Waals surface area contributed by atoms with E-state index in [1.165, 1.54) is 11.5 Å². The minimum atomic E-state index is -0.0149. The van der Waals surface area contributed by atoms with Crippen LogP contribution in [0.4, 0.5) is 0 Å². The van der Waals surface area contributed by atoms with E-state index in [-0.39, 0.29) is 28.6 Å². The van der Waals surface area contributed by atoms with E-state index < -0.39 is 0 Å². The third kappa shape index (κ3) is 4.82. The Kier molecular flexibility index (Phi) is 7.26. The Hall–Kier alpha value is -1.70. The molecule has 2 aliphatic carbocycles. The molecule has 2 nitrogen and oxygen atoms in total. The van der Waals surface area contributed by atoms with E-state index in [0.29, 0.717) is 0 Å². The summed E-state index contributed by atoms with van der Waals surface area (Å²) in [7, 11) is 0. The predicted octanol–water partition coefficient (Wildman–Crippen LogP) is 3.83. The van der Waals surface area contributed by atoms with Crippen molar-refractivity contribution in [3.63, 3.8) is 0 Å². The first-order chi connectivity index (χ1) is 13.2. The van der Waals surface area contributed by atoms with Crippen LogP contribution in [0.15, 0.2) is 54.1 Å². The summed E-state index contributed by atoms with van der Waals surface area (Å²) in [5, 5.41) is 23.2. The van der Waals surface area contributed by atoms with Gasteiger partial charge in [0.2, 0.25) is 0 Å². The van der Waals surface area contributed by atoms with Crippen LogP contribution < -0.4 is 10.2 Å². The summed E-state index contributed by atoms with van der Waals surface area (Å²) in [5.74, 6) is 2.34. The van der Waals surface area contributed by atoms with Crippen molar-refractivity contribution in [1.29, 1.82) is 0 Å². The van der Waals surface area contributed by atoms with E-state index in [2.05, 4.69) is 25.7 Å². The van der Waals surface area contributed by atoms with E-state index in [9.17, 15) is 10.2 Å². The van der Waals surface area contributed by atoms with Crippen LogP contribution in [0, 0.1) is 63.2 Å². The fraction of sp³-hybridized carbons (Fsp3) is 0.0400. The van der Waals surface area contributed by atoms with Gasteiger partial charge >= 0.3 is 17.1 Å². The minimum Gasteiger partial charge on any atom is -0.872 e. The van der Waals surface area contributed by atoms with Gasteiger partial charge in [0.1, 0.15) is 0 Å². The molecule has 3 heteroatoms. The maximum Gasteiger partial charge on any atom is 2.00 e. The maximum absolute atomic E-state index is 11.6. The van der Waals surface area contributed by atoms with Crippen molar-refractivity contribution in [1.82, 2.24) is 0 Å². The molecule has 138 valence electrons. The average molecular weight is 406 g/mol. The molecule has 2 aliphatic rings. The number of hydrogen-bond donors (Lipinski definition) is 0. The Balaban J connectivity index is 0.00000225. The Labute approximate surface area is 179 Å². The quantitative estimate of drug-likeness (QED) is 0.709. The molecule has 0 heterocycles. The largest absolute Gasteiger partial charge is 2.00 e. The molecule has 28 heavy (non-hydrogen) atoms. The first kappa shape index (κ1) is 21.0. The van der Waals surface area contributed by atoms with Crippen molar-refractivity contribution in [3.8, 4) is 11.5 Å². The molecule has 0 aromatic heterocycles. The van der Waals surface area contributed by atoms with Crippen molar-refractivity contribution >= 4 is 5.57 Å². The summed E-state index contributed by atoms with van der Waals surface area (Å²) in [5.41, 5.74) is 4.15. The first-order valence-corrected chi connectivity index (χ1v) is 8.91. The Bertz CT molecular complexity index is 733. The van der Waals surface area contributed by atoms with Gasteiger partial charge in [-0.3, -0.25) is 0 Å². The SMILES string of the molecule is [Fe+2].[O-]c1ccc(C(=C(C[C]2[CH][CH][CH][CH]2)[C]2[CH][CH][CH][CH]2)c2ccc([O-])cc2)cc1. The third-order valence-electron chi connectivity index (χ3n) is 4.71. The van der Waals surface area contributed by atoms with Crippen LogP contribution in [-0.2, 0) is 17.1 Å².